The minimum atomic E-state index is -0.826. The van der Waals surface area contributed by atoms with Crippen molar-refractivity contribution in [2.45, 2.75) is 19.8 Å². The van der Waals surface area contributed by atoms with Gasteiger partial charge in [-0.1, -0.05) is 12.1 Å². The van der Waals surface area contributed by atoms with Gasteiger partial charge in [-0.25, -0.2) is 4.79 Å². The van der Waals surface area contributed by atoms with Gasteiger partial charge in [0.05, 0.1) is 5.92 Å². The van der Waals surface area contributed by atoms with Crippen molar-refractivity contribution in [3.05, 3.63) is 29.8 Å². The Bertz CT molecular complexity index is 487. The van der Waals surface area contributed by atoms with Crippen LogP contribution in [0, 0.1) is 12.8 Å². The fourth-order valence-corrected chi connectivity index (χ4v) is 2.29. The number of nitrogens with zero attached hydrogens (tertiary/aromatic N) is 1. The normalized spacial score (nSPS) is 19.0. The van der Waals surface area contributed by atoms with E-state index >= 15 is 0 Å². The van der Waals surface area contributed by atoms with Crippen molar-refractivity contribution in [2.75, 3.05) is 18.4 Å². The number of nitrogens with one attached hydrogen (secondary N) is 1. The molecule has 0 unspecified atom stereocenters. The molecule has 5 nitrogen and oxygen atoms in total. The standard InChI is InChI=1S/C14H18N2O3/c1-10-4-2-6-12(8-10)15-14(19)16-7-3-5-11(9-16)13(17)18/h2,4,6,8,11H,3,5,7,9H2,1H3,(H,15,19)(H,17,18)/t11-/m1/s1. The maximum Gasteiger partial charge on any atom is 0.321 e. The highest BCUT2D eigenvalue weighted by Gasteiger charge is 2.28. The summed E-state index contributed by atoms with van der Waals surface area (Å²) in [5.74, 6) is -1.27. The lowest BCUT2D eigenvalue weighted by Crippen LogP contribution is -2.44. The van der Waals surface area contributed by atoms with E-state index in [1.807, 2.05) is 31.2 Å². The Morgan fingerprint density at radius 1 is 1.42 bits per heavy atom. The maximum absolute atomic E-state index is 12.1. The number of hydrogen-bond acceptors (Lipinski definition) is 2. The summed E-state index contributed by atoms with van der Waals surface area (Å²) < 4.78 is 0. The topological polar surface area (TPSA) is 69.6 Å². The number of likely N-dealkylation sites (tertiary alicyclic amines) is 1. The van der Waals surface area contributed by atoms with Crippen LogP contribution in [0.4, 0.5) is 10.5 Å². The van der Waals surface area contributed by atoms with Crippen LogP contribution in [0.3, 0.4) is 0 Å². The zero-order chi connectivity index (χ0) is 13.8. The Kier molecular flexibility index (Phi) is 4.04. The van der Waals surface area contributed by atoms with Crippen LogP contribution in [0.25, 0.3) is 0 Å². The Morgan fingerprint density at radius 3 is 2.89 bits per heavy atom. The third-order valence-electron chi connectivity index (χ3n) is 3.33. The predicted molar refractivity (Wildman–Crippen MR) is 72.1 cm³/mol. The number of hydrogen-bond donors (Lipinski definition) is 2. The summed E-state index contributed by atoms with van der Waals surface area (Å²) in [5, 5.41) is 11.8. The first-order valence-corrected chi connectivity index (χ1v) is 6.41. The predicted octanol–water partition coefficient (Wildman–Crippen LogP) is 2.32. The van der Waals surface area contributed by atoms with E-state index in [1.54, 1.807) is 4.90 Å². The molecule has 1 aromatic carbocycles. The second kappa shape index (κ2) is 5.73. The van der Waals surface area contributed by atoms with Crippen molar-refractivity contribution >= 4 is 17.7 Å². The quantitative estimate of drug-likeness (QED) is 0.859. The molecular weight excluding hydrogens is 244 g/mol. The third kappa shape index (κ3) is 3.47. The third-order valence-corrected chi connectivity index (χ3v) is 3.33. The van der Waals surface area contributed by atoms with Crippen LogP contribution < -0.4 is 5.32 Å². The minimum absolute atomic E-state index is 0.225. The van der Waals surface area contributed by atoms with Crippen molar-refractivity contribution in [1.82, 2.24) is 4.90 Å². The van der Waals surface area contributed by atoms with Gasteiger partial charge >= 0.3 is 12.0 Å². The van der Waals surface area contributed by atoms with Gasteiger partial charge in [0, 0.05) is 18.8 Å². The number of aliphatic carboxylic acids is 1. The van der Waals surface area contributed by atoms with Gasteiger partial charge in [-0.3, -0.25) is 4.79 Å². The highest BCUT2D eigenvalue weighted by molar-refractivity contribution is 5.89. The summed E-state index contributed by atoms with van der Waals surface area (Å²) in [5.41, 5.74) is 1.81. The molecule has 0 bridgehead atoms. The molecule has 5 heteroatoms. The average molecular weight is 262 g/mol. The highest BCUT2D eigenvalue weighted by Crippen LogP contribution is 2.18. The van der Waals surface area contributed by atoms with Crippen molar-refractivity contribution in [2.24, 2.45) is 5.92 Å². The van der Waals surface area contributed by atoms with E-state index < -0.39 is 11.9 Å². The van der Waals surface area contributed by atoms with Gasteiger partial charge in [0.1, 0.15) is 0 Å². The second-order valence-corrected chi connectivity index (χ2v) is 4.92. The fraction of sp³-hybridized carbons (Fsp3) is 0.429. The Labute approximate surface area is 112 Å². The summed E-state index contributed by atoms with van der Waals surface area (Å²) in [7, 11) is 0. The Hall–Kier alpha value is -2.04. The fourth-order valence-electron chi connectivity index (χ4n) is 2.29. The van der Waals surface area contributed by atoms with Crippen molar-refractivity contribution in [1.29, 1.82) is 0 Å². The lowest BCUT2D eigenvalue weighted by Gasteiger charge is -2.30. The summed E-state index contributed by atoms with van der Waals surface area (Å²) in [6.07, 6.45) is 1.38. The molecule has 2 N–H and O–H groups in total. The molecule has 1 heterocycles. The summed E-state index contributed by atoms with van der Waals surface area (Å²) in [4.78, 5) is 24.6. The number of carbonyl (C=O) groups is 2. The van der Waals surface area contributed by atoms with Crippen LogP contribution in [0.1, 0.15) is 18.4 Å². The molecule has 102 valence electrons. The molecule has 1 fully saturated rings. The highest BCUT2D eigenvalue weighted by atomic mass is 16.4. The molecule has 1 aliphatic rings. The van der Waals surface area contributed by atoms with Gasteiger partial charge < -0.3 is 15.3 Å². The molecule has 0 spiro atoms. The number of rotatable bonds is 2. The number of amides is 2. The van der Waals surface area contributed by atoms with Gasteiger partial charge in [0.15, 0.2) is 0 Å². The number of carboxylic acid groups (broad SMARTS) is 1. The molecule has 0 radical (unpaired) electrons. The molecule has 1 atom stereocenters. The molecule has 0 saturated carbocycles. The first-order valence-electron chi connectivity index (χ1n) is 6.41. The largest absolute Gasteiger partial charge is 0.481 e. The SMILES string of the molecule is Cc1cccc(NC(=O)N2CCC[C@@H](C(=O)O)C2)c1. The zero-order valence-electron chi connectivity index (χ0n) is 10.9. The first-order chi connectivity index (χ1) is 9.06. The molecule has 2 amide bonds. The summed E-state index contributed by atoms with van der Waals surface area (Å²) in [6.45, 7) is 2.85. The number of benzene rings is 1. The smallest absolute Gasteiger partial charge is 0.321 e. The first kappa shape index (κ1) is 13.4. The lowest BCUT2D eigenvalue weighted by atomic mass is 9.99. The van der Waals surface area contributed by atoms with Gasteiger partial charge in [-0.2, -0.15) is 0 Å². The number of urea groups is 1. The van der Waals surface area contributed by atoms with Gasteiger partial charge in [-0.05, 0) is 37.5 Å². The van der Waals surface area contributed by atoms with E-state index in [2.05, 4.69) is 5.32 Å². The molecule has 1 aliphatic heterocycles. The lowest BCUT2D eigenvalue weighted by molar-refractivity contribution is -0.143. The van der Waals surface area contributed by atoms with Crippen LogP contribution >= 0.6 is 0 Å². The van der Waals surface area contributed by atoms with Gasteiger partial charge in [-0.15, -0.1) is 0 Å². The monoisotopic (exact) mass is 262 g/mol. The van der Waals surface area contributed by atoms with Crippen molar-refractivity contribution in [3.8, 4) is 0 Å². The van der Waals surface area contributed by atoms with Gasteiger partial charge in [0.2, 0.25) is 0 Å². The van der Waals surface area contributed by atoms with Crippen LogP contribution in [-0.2, 0) is 4.79 Å². The molecule has 1 aromatic rings. The van der Waals surface area contributed by atoms with Crippen molar-refractivity contribution < 1.29 is 14.7 Å². The van der Waals surface area contributed by atoms with Crippen LogP contribution in [0.2, 0.25) is 0 Å². The van der Waals surface area contributed by atoms with E-state index in [9.17, 15) is 9.59 Å². The minimum Gasteiger partial charge on any atom is -0.481 e. The van der Waals surface area contributed by atoms with Crippen LogP contribution in [0.5, 0.6) is 0 Å². The zero-order valence-corrected chi connectivity index (χ0v) is 10.9. The molecule has 1 saturated heterocycles. The van der Waals surface area contributed by atoms with Crippen LogP contribution in [-0.4, -0.2) is 35.1 Å². The van der Waals surface area contributed by atoms with E-state index in [4.69, 9.17) is 5.11 Å². The Morgan fingerprint density at radius 2 is 2.21 bits per heavy atom. The number of anilines is 1. The van der Waals surface area contributed by atoms with E-state index in [0.29, 0.717) is 13.0 Å². The van der Waals surface area contributed by atoms with Crippen LogP contribution in [0.15, 0.2) is 24.3 Å². The van der Waals surface area contributed by atoms with E-state index in [-0.39, 0.29) is 12.6 Å². The van der Waals surface area contributed by atoms with Crippen molar-refractivity contribution in [3.63, 3.8) is 0 Å². The number of carbonyl (C=O) groups excluding carboxylic acids is 1. The number of piperidine rings is 1. The molecule has 0 aliphatic carbocycles. The maximum atomic E-state index is 12.1. The summed E-state index contributed by atoms with van der Waals surface area (Å²) >= 11 is 0. The number of carboxylic acids is 1. The molecule has 0 aromatic heterocycles. The molecule has 19 heavy (non-hydrogen) atoms. The Balaban J connectivity index is 1.98. The number of aryl methyl sites for hydroxylation is 1. The second-order valence-electron chi connectivity index (χ2n) is 4.92. The molecular formula is C14H18N2O3. The van der Waals surface area contributed by atoms with E-state index in [1.165, 1.54) is 0 Å². The molecule has 2 rings (SSSR count). The van der Waals surface area contributed by atoms with Gasteiger partial charge in [0.25, 0.3) is 0 Å². The summed E-state index contributed by atoms with van der Waals surface area (Å²) in [6, 6.07) is 7.31. The van der Waals surface area contributed by atoms with E-state index in [0.717, 1.165) is 17.7 Å². The average Bonchev–Trinajstić information content (AvgIpc) is 2.39.